The predicted molar refractivity (Wildman–Crippen MR) is 108 cm³/mol. The lowest BCUT2D eigenvalue weighted by Gasteiger charge is -2.08. The molecule has 3 aromatic rings. The summed E-state index contributed by atoms with van der Waals surface area (Å²) >= 11 is 0. The summed E-state index contributed by atoms with van der Waals surface area (Å²) in [6.07, 6.45) is 0. The minimum Gasteiger partial charge on any atom is -0.497 e. The SMILES string of the molecule is COc1ccc(S(=O)(=O)NCCNC(=O)c2cc3c(C)cc(C)cc3[nH]2)cc1. The van der Waals surface area contributed by atoms with Crippen LogP contribution in [0, 0.1) is 13.8 Å². The number of ether oxygens (including phenoxy) is 1. The van der Waals surface area contributed by atoms with Crippen molar-refractivity contribution in [2.75, 3.05) is 20.2 Å². The fourth-order valence-corrected chi connectivity index (χ4v) is 4.05. The van der Waals surface area contributed by atoms with Crippen LogP contribution in [-0.2, 0) is 10.0 Å². The first-order valence-electron chi connectivity index (χ1n) is 8.82. The lowest BCUT2D eigenvalue weighted by molar-refractivity contribution is 0.0950. The molecule has 148 valence electrons. The Kier molecular flexibility index (Phi) is 5.71. The number of methoxy groups -OCH3 is 1. The monoisotopic (exact) mass is 401 g/mol. The first-order chi connectivity index (χ1) is 13.3. The Labute approximate surface area is 164 Å². The molecule has 0 aliphatic rings. The van der Waals surface area contributed by atoms with Gasteiger partial charge in [-0.2, -0.15) is 0 Å². The van der Waals surface area contributed by atoms with E-state index in [1.54, 1.807) is 18.2 Å². The number of carbonyl (C=O) groups is 1. The number of carbonyl (C=O) groups excluding carboxylic acids is 1. The standard InChI is InChI=1S/C20H23N3O4S/c1-13-10-14(2)17-12-19(23-18(17)11-13)20(24)21-8-9-22-28(25,26)16-6-4-15(27-3)5-7-16/h4-7,10-12,22-23H,8-9H2,1-3H3,(H,21,24). The van der Waals surface area contributed by atoms with E-state index in [4.69, 9.17) is 4.74 Å². The Hall–Kier alpha value is -2.84. The number of sulfonamides is 1. The van der Waals surface area contributed by atoms with Gasteiger partial charge in [-0.3, -0.25) is 4.79 Å². The normalized spacial score (nSPS) is 11.5. The minimum atomic E-state index is -3.64. The van der Waals surface area contributed by atoms with Gasteiger partial charge in [0.1, 0.15) is 11.4 Å². The molecular weight excluding hydrogens is 378 g/mol. The second-order valence-corrected chi connectivity index (χ2v) is 8.32. The van der Waals surface area contributed by atoms with E-state index in [1.807, 2.05) is 19.9 Å². The van der Waals surface area contributed by atoms with Crippen LogP contribution in [0.5, 0.6) is 5.75 Å². The summed E-state index contributed by atoms with van der Waals surface area (Å²) in [5.74, 6) is 0.298. The van der Waals surface area contributed by atoms with Gasteiger partial charge in [-0.25, -0.2) is 13.1 Å². The minimum absolute atomic E-state index is 0.0818. The van der Waals surface area contributed by atoms with E-state index in [0.717, 1.165) is 22.0 Å². The summed E-state index contributed by atoms with van der Waals surface area (Å²) in [6, 6.07) is 11.9. The van der Waals surface area contributed by atoms with E-state index >= 15 is 0 Å². The van der Waals surface area contributed by atoms with Crippen LogP contribution in [0.4, 0.5) is 0 Å². The third-order valence-electron chi connectivity index (χ3n) is 4.41. The summed E-state index contributed by atoms with van der Waals surface area (Å²) in [5.41, 5.74) is 3.56. The fraction of sp³-hybridized carbons (Fsp3) is 0.250. The van der Waals surface area contributed by atoms with Crippen molar-refractivity contribution in [1.29, 1.82) is 0 Å². The highest BCUT2D eigenvalue weighted by molar-refractivity contribution is 7.89. The van der Waals surface area contributed by atoms with Crippen LogP contribution in [0.25, 0.3) is 10.9 Å². The second-order valence-electron chi connectivity index (χ2n) is 6.56. The van der Waals surface area contributed by atoms with E-state index in [1.165, 1.54) is 19.2 Å². The van der Waals surface area contributed by atoms with Crippen molar-refractivity contribution < 1.29 is 17.9 Å². The number of benzene rings is 2. The largest absolute Gasteiger partial charge is 0.497 e. The molecule has 7 nitrogen and oxygen atoms in total. The van der Waals surface area contributed by atoms with Crippen LogP contribution in [0.2, 0.25) is 0 Å². The maximum absolute atomic E-state index is 12.3. The molecular formula is C20H23N3O4S. The Morgan fingerprint density at radius 1 is 1.07 bits per heavy atom. The van der Waals surface area contributed by atoms with E-state index in [2.05, 4.69) is 21.1 Å². The van der Waals surface area contributed by atoms with Crippen molar-refractivity contribution in [3.8, 4) is 5.75 Å². The molecule has 0 saturated heterocycles. The number of aromatic nitrogens is 1. The van der Waals surface area contributed by atoms with Gasteiger partial charge in [0, 0.05) is 24.0 Å². The lowest BCUT2D eigenvalue weighted by Crippen LogP contribution is -2.34. The number of hydrogen-bond acceptors (Lipinski definition) is 4. The van der Waals surface area contributed by atoms with Crippen LogP contribution >= 0.6 is 0 Å². The molecule has 1 aromatic heterocycles. The number of fused-ring (bicyclic) bond motifs is 1. The Bertz CT molecular complexity index is 1100. The molecule has 0 bridgehead atoms. The maximum Gasteiger partial charge on any atom is 0.267 e. The van der Waals surface area contributed by atoms with Gasteiger partial charge in [-0.1, -0.05) is 6.07 Å². The maximum atomic E-state index is 12.3. The molecule has 1 heterocycles. The summed E-state index contributed by atoms with van der Waals surface area (Å²) in [4.78, 5) is 15.6. The Balaban J connectivity index is 1.57. The van der Waals surface area contributed by atoms with Crippen LogP contribution in [0.3, 0.4) is 0 Å². The van der Waals surface area contributed by atoms with Gasteiger partial charge >= 0.3 is 0 Å². The lowest BCUT2D eigenvalue weighted by atomic mass is 10.1. The third-order valence-corrected chi connectivity index (χ3v) is 5.88. The molecule has 8 heteroatoms. The molecule has 0 saturated carbocycles. The molecule has 2 aromatic carbocycles. The number of H-pyrrole nitrogens is 1. The van der Waals surface area contributed by atoms with Crippen molar-refractivity contribution >= 4 is 26.8 Å². The fourth-order valence-electron chi connectivity index (χ4n) is 3.02. The highest BCUT2D eigenvalue weighted by Crippen LogP contribution is 2.21. The summed E-state index contributed by atoms with van der Waals surface area (Å²) in [5, 5.41) is 3.72. The average Bonchev–Trinajstić information content (AvgIpc) is 3.09. The highest BCUT2D eigenvalue weighted by atomic mass is 32.2. The van der Waals surface area contributed by atoms with Crippen LogP contribution in [0.15, 0.2) is 47.4 Å². The smallest absolute Gasteiger partial charge is 0.267 e. The van der Waals surface area contributed by atoms with Gasteiger partial charge in [-0.05, 0) is 61.4 Å². The highest BCUT2D eigenvalue weighted by Gasteiger charge is 2.14. The summed E-state index contributed by atoms with van der Waals surface area (Å²) in [6.45, 7) is 4.25. The Morgan fingerprint density at radius 2 is 1.79 bits per heavy atom. The number of amides is 1. The second kappa shape index (κ2) is 8.04. The molecule has 0 radical (unpaired) electrons. The molecule has 1 amide bonds. The molecule has 0 spiro atoms. The first-order valence-corrected chi connectivity index (χ1v) is 10.3. The van der Waals surface area contributed by atoms with E-state index in [-0.39, 0.29) is 23.9 Å². The molecule has 0 unspecified atom stereocenters. The molecule has 28 heavy (non-hydrogen) atoms. The van der Waals surface area contributed by atoms with Crippen molar-refractivity contribution in [1.82, 2.24) is 15.0 Å². The molecule has 0 aliphatic heterocycles. The zero-order chi connectivity index (χ0) is 20.3. The zero-order valence-electron chi connectivity index (χ0n) is 16.0. The zero-order valence-corrected chi connectivity index (χ0v) is 16.8. The van der Waals surface area contributed by atoms with Crippen molar-refractivity contribution in [2.45, 2.75) is 18.7 Å². The number of hydrogen-bond donors (Lipinski definition) is 3. The quantitative estimate of drug-likeness (QED) is 0.530. The van der Waals surface area contributed by atoms with Gasteiger partial charge < -0.3 is 15.0 Å². The number of aryl methyl sites for hydroxylation is 2. The van der Waals surface area contributed by atoms with Gasteiger partial charge in [0.25, 0.3) is 5.91 Å². The average molecular weight is 401 g/mol. The predicted octanol–water partition coefficient (Wildman–Crippen LogP) is 2.50. The van der Waals surface area contributed by atoms with Gasteiger partial charge in [0.2, 0.25) is 10.0 Å². The van der Waals surface area contributed by atoms with Crippen molar-refractivity contribution in [2.24, 2.45) is 0 Å². The van der Waals surface area contributed by atoms with E-state index < -0.39 is 10.0 Å². The molecule has 3 rings (SSSR count). The van der Waals surface area contributed by atoms with Crippen molar-refractivity contribution in [3.05, 3.63) is 59.3 Å². The number of rotatable bonds is 7. The Morgan fingerprint density at radius 3 is 2.46 bits per heavy atom. The van der Waals surface area contributed by atoms with Gasteiger partial charge in [0.05, 0.1) is 12.0 Å². The molecule has 0 fully saturated rings. The number of aromatic amines is 1. The van der Waals surface area contributed by atoms with E-state index in [0.29, 0.717) is 11.4 Å². The molecule has 0 atom stereocenters. The van der Waals surface area contributed by atoms with E-state index in [9.17, 15) is 13.2 Å². The molecule has 3 N–H and O–H groups in total. The first kappa shape index (κ1) is 19.9. The number of nitrogens with one attached hydrogen (secondary N) is 3. The topological polar surface area (TPSA) is 100 Å². The van der Waals surface area contributed by atoms with Crippen LogP contribution in [-0.4, -0.2) is 39.5 Å². The van der Waals surface area contributed by atoms with Crippen LogP contribution < -0.4 is 14.8 Å². The van der Waals surface area contributed by atoms with Gasteiger partial charge in [0.15, 0.2) is 0 Å². The molecule has 0 aliphatic carbocycles. The third kappa shape index (κ3) is 4.35. The van der Waals surface area contributed by atoms with Crippen molar-refractivity contribution in [3.63, 3.8) is 0 Å². The van der Waals surface area contributed by atoms with Gasteiger partial charge in [-0.15, -0.1) is 0 Å². The summed E-state index contributed by atoms with van der Waals surface area (Å²) in [7, 11) is -2.13. The summed E-state index contributed by atoms with van der Waals surface area (Å²) < 4.78 is 32.0. The van der Waals surface area contributed by atoms with Crippen LogP contribution in [0.1, 0.15) is 21.6 Å².